The van der Waals surface area contributed by atoms with E-state index in [1.54, 1.807) is 30.3 Å². The van der Waals surface area contributed by atoms with E-state index in [9.17, 15) is 13.2 Å². The summed E-state index contributed by atoms with van der Waals surface area (Å²) in [4.78, 5) is 18.3. The maximum absolute atomic E-state index is 13.7. The van der Waals surface area contributed by atoms with Gasteiger partial charge in [0.1, 0.15) is 5.69 Å². The Morgan fingerprint density at radius 2 is 1.55 bits per heavy atom. The number of nitrogens with one attached hydrogen (secondary N) is 1. The smallest absolute Gasteiger partial charge is 0.306 e. The largest absolute Gasteiger partial charge is 0.379 e. The fourth-order valence-corrected chi connectivity index (χ4v) is 4.25. The minimum atomic E-state index is -3.94. The summed E-state index contributed by atoms with van der Waals surface area (Å²) in [6.45, 7) is 1.98. The number of hydrogen-bond acceptors (Lipinski definition) is 5. The lowest BCUT2D eigenvalue weighted by molar-refractivity contribution is 0.0936. The summed E-state index contributed by atoms with van der Waals surface area (Å²) in [6, 6.07) is 25.6. The van der Waals surface area contributed by atoms with Gasteiger partial charge in [0.05, 0.1) is 23.4 Å². The summed E-state index contributed by atoms with van der Waals surface area (Å²) in [7, 11) is -3.94. The summed E-state index contributed by atoms with van der Waals surface area (Å²) in [5.74, 6) is -0.511. The molecule has 0 saturated heterocycles. The third-order valence-electron chi connectivity index (χ3n) is 5.27. The van der Waals surface area contributed by atoms with Crippen molar-refractivity contribution in [2.75, 3.05) is 6.26 Å². The molecule has 7 heteroatoms. The SMILES string of the molecule is CC[C@H](NC(=O)c1c(OS(C)(=O)=O)c(-c2ccccc2)nc2ccccc12)c1ccccc1. The van der Waals surface area contributed by atoms with Crippen LogP contribution in [0.15, 0.2) is 84.9 Å². The Bertz CT molecular complexity index is 1390. The van der Waals surface area contributed by atoms with Crippen LogP contribution < -0.4 is 9.50 Å². The van der Waals surface area contributed by atoms with Crippen LogP contribution in [0.5, 0.6) is 5.75 Å². The molecule has 168 valence electrons. The second kappa shape index (κ2) is 9.42. The van der Waals surface area contributed by atoms with Gasteiger partial charge in [-0.3, -0.25) is 4.79 Å². The fourth-order valence-electron chi connectivity index (χ4n) is 3.78. The molecule has 0 aliphatic rings. The van der Waals surface area contributed by atoms with Gasteiger partial charge >= 0.3 is 10.1 Å². The van der Waals surface area contributed by atoms with E-state index in [2.05, 4.69) is 10.3 Å². The number of carbonyl (C=O) groups is 1. The number of benzene rings is 3. The standard InChI is InChI=1S/C26H24N2O4S/c1-3-21(18-12-6-4-7-13-18)28-26(29)23-20-16-10-11-17-22(20)27-24(19-14-8-5-9-15-19)25(23)32-33(2,30)31/h4-17,21H,3H2,1-2H3,(H,28,29)/t21-/m0/s1. The topological polar surface area (TPSA) is 85.4 Å². The molecule has 1 aromatic heterocycles. The highest BCUT2D eigenvalue weighted by Gasteiger charge is 2.27. The molecule has 0 aliphatic heterocycles. The number of rotatable bonds is 7. The lowest BCUT2D eigenvalue weighted by Crippen LogP contribution is -2.29. The Labute approximate surface area is 193 Å². The molecule has 0 unspecified atom stereocenters. The molecular formula is C26H24N2O4S. The molecule has 4 aromatic rings. The predicted molar refractivity (Wildman–Crippen MR) is 130 cm³/mol. The summed E-state index contributed by atoms with van der Waals surface area (Å²) in [5.41, 5.74) is 2.60. The average molecular weight is 461 g/mol. The Morgan fingerprint density at radius 1 is 0.939 bits per heavy atom. The molecule has 4 rings (SSSR count). The van der Waals surface area contributed by atoms with Gasteiger partial charge in [-0.2, -0.15) is 8.42 Å². The molecule has 3 aromatic carbocycles. The zero-order valence-corrected chi connectivity index (χ0v) is 19.2. The second-order valence-corrected chi connectivity index (χ2v) is 9.26. The molecule has 0 aliphatic carbocycles. The molecule has 1 N–H and O–H groups in total. The van der Waals surface area contributed by atoms with Crippen LogP contribution in [-0.4, -0.2) is 25.6 Å². The summed E-state index contributed by atoms with van der Waals surface area (Å²) < 4.78 is 29.8. The Kier molecular flexibility index (Phi) is 6.42. The van der Waals surface area contributed by atoms with E-state index < -0.39 is 16.0 Å². The normalized spacial score (nSPS) is 12.3. The quantitative estimate of drug-likeness (QED) is 0.387. The summed E-state index contributed by atoms with van der Waals surface area (Å²) in [5, 5.41) is 3.57. The van der Waals surface area contributed by atoms with E-state index in [0.717, 1.165) is 11.8 Å². The van der Waals surface area contributed by atoms with Gasteiger partial charge in [-0.15, -0.1) is 0 Å². The van der Waals surface area contributed by atoms with Gasteiger partial charge < -0.3 is 9.50 Å². The molecule has 0 fully saturated rings. The van der Waals surface area contributed by atoms with Gasteiger partial charge in [0, 0.05) is 10.9 Å². The molecule has 0 saturated carbocycles. The van der Waals surface area contributed by atoms with Gasteiger partial charge in [0.2, 0.25) is 0 Å². The second-order valence-electron chi connectivity index (χ2n) is 7.68. The zero-order valence-electron chi connectivity index (χ0n) is 18.4. The molecule has 1 amide bonds. The molecule has 1 heterocycles. The summed E-state index contributed by atoms with van der Waals surface area (Å²) >= 11 is 0. The van der Waals surface area contributed by atoms with Crippen LogP contribution in [0.1, 0.15) is 35.3 Å². The highest BCUT2D eigenvalue weighted by molar-refractivity contribution is 7.86. The lowest BCUT2D eigenvalue weighted by atomic mass is 10.00. The van der Waals surface area contributed by atoms with Gasteiger partial charge in [0.15, 0.2) is 5.75 Å². The first-order valence-electron chi connectivity index (χ1n) is 10.6. The monoisotopic (exact) mass is 460 g/mol. The Hall–Kier alpha value is -3.71. The molecular weight excluding hydrogens is 436 g/mol. The summed E-state index contributed by atoms with van der Waals surface area (Å²) in [6.07, 6.45) is 1.62. The maximum Gasteiger partial charge on any atom is 0.306 e. The molecule has 6 nitrogen and oxygen atoms in total. The van der Waals surface area contributed by atoms with E-state index in [0.29, 0.717) is 22.9 Å². The first-order valence-corrected chi connectivity index (χ1v) is 12.4. The van der Waals surface area contributed by atoms with Gasteiger partial charge in [-0.1, -0.05) is 85.8 Å². The van der Waals surface area contributed by atoms with Crippen molar-refractivity contribution in [2.45, 2.75) is 19.4 Å². The van der Waals surface area contributed by atoms with E-state index in [4.69, 9.17) is 4.18 Å². The third-order valence-corrected chi connectivity index (χ3v) is 5.74. The molecule has 0 bridgehead atoms. The number of fused-ring (bicyclic) bond motifs is 1. The van der Waals surface area contributed by atoms with Crippen LogP contribution in [0.3, 0.4) is 0 Å². The highest BCUT2D eigenvalue weighted by Crippen LogP contribution is 2.37. The van der Waals surface area contributed by atoms with Crippen molar-refractivity contribution >= 4 is 26.9 Å². The van der Waals surface area contributed by atoms with Gasteiger partial charge in [-0.05, 0) is 18.1 Å². The number of aromatic nitrogens is 1. The van der Waals surface area contributed by atoms with Crippen molar-refractivity contribution < 1.29 is 17.4 Å². The van der Waals surface area contributed by atoms with E-state index in [1.165, 1.54) is 0 Å². The minimum absolute atomic E-state index is 0.0807. The van der Waals surface area contributed by atoms with Crippen LogP contribution in [0.2, 0.25) is 0 Å². The van der Waals surface area contributed by atoms with Gasteiger partial charge in [-0.25, -0.2) is 4.98 Å². The molecule has 0 radical (unpaired) electrons. The van der Waals surface area contributed by atoms with Crippen molar-refractivity contribution in [3.05, 3.63) is 96.1 Å². The van der Waals surface area contributed by atoms with E-state index in [1.807, 2.05) is 61.5 Å². The minimum Gasteiger partial charge on any atom is -0.379 e. The number of amides is 1. The number of nitrogens with zero attached hydrogens (tertiary/aromatic N) is 1. The number of carbonyl (C=O) groups excluding carboxylic acids is 1. The molecule has 1 atom stereocenters. The zero-order chi connectivity index (χ0) is 23.4. The van der Waals surface area contributed by atoms with Crippen LogP contribution in [0.4, 0.5) is 0 Å². The van der Waals surface area contributed by atoms with Crippen molar-refractivity contribution in [2.24, 2.45) is 0 Å². The number of para-hydroxylation sites is 1. The van der Waals surface area contributed by atoms with E-state index >= 15 is 0 Å². The molecule has 0 spiro atoms. The first kappa shape index (κ1) is 22.5. The van der Waals surface area contributed by atoms with Crippen molar-refractivity contribution in [1.82, 2.24) is 10.3 Å². The van der Waals surface area contributed by atoms with Crippen molar-refractivity contribution in [3.8, 4) is 17.0 Å². The number of pyridine rings is 1. The predicted octanol–water partition coefficient (Wildman–Crippen LogP) is 5.12. The van der Waals surface area contributed by atoms with Crippen LogP contribution in [0, 0.1) is 0 Å². The van der Waals surface area contributed by atoms with Crippen molar-refractivity contribution in [3.63, 3.8) is 0 Å². The highest BCUT2D eigenvalue weighted by atomic mass is 32.2. The van der Waals surface area contributed by atoms with E-state index in [-0.39, 0.29) is 23.0 Å². The first-order chi connectivity index (χ1) is 15.9. The lowest BCUT2D eigenvalue weighted by Gasteiger charge is -2.21. The van der Waals surface area contributed by atoms with Crippen molar-refractivity contribution in [1.29, 1.82) is 0 Å². The fraction of sp³-hybridized carbons (Fsp3) is 0.154. The maximum atomic E-state index is 13.7. The number of hydrogen-bond donors (Lipinski definition) is 1. The van der Waals surface area contributed by atoms with Crippen LogP contribution in [-0.2, 0) is 10.1 Å². The third kappa shape index (κ3) is 5.04. The average Bonchev–Trinajstić information content (AvgIpc) is 2.82. The Morgan fingerprint density at radius 3 is 2.18 bits per heavy atom. The van der Waals surface area contributed by atoms with Gasteiger partial charge in [0.25, 0.3) is 5.91 Å². The Balaban J connectivity index is 1.93. The molecule has 33 heavy (non-hydrogen) atoms. The van der Waals surface area contributed by atoms with Crippen LogP contribution in [0.25, 0.3) is 22.2 Å². The van der Waals surface area contributed by atoms with Crippen LogP contribution >= 0.6 is 0 Å².